The van der Waals surface area contributed by atoms with Gasteiger partial charge in [0.2, 0.25) is 10.0 Å². The van der Waals surface area contributed by atoms with E-state index in [2.05, 4.69) is 0 Å². The lowest BCUT2D eigenvalue weighted by molar-refractivity contribution is -0.384. The van der Waals surface area contributed by atoms with Crippen LogP contribution in [0.25, 0.3) is 0 Å². The number of sulfonamides is 1. The van der Waals surface area contributed by atoms with Crippen molar-refractivity contribution >= 4 is 15.7 Å². The Labute approximate surface area is 135 Å². The second-order valence-corrected chi connectivity index (χ2v) is 7.31. The average molecular weight is 343 g/mol. The third kappa shape index (κ3) is 4.47. The van der Waals surface area contributed by atoms with Gasteiger partial charge in [-0.1, -0.05) is 0 Å². The largest absolute Gasteiger partial charge is 0.378 e. The lowest BCUT2D eigenvalue weighted by Gasteiger charge is -2.31. The molecular weight excluding hydrogens is 322 g/mol. The number of nitro benzene ring substituents is 1. The van der Waals surface area contributed by atoms with E-state index in [9.17, 15) is 18.5 Å². The van der Waals surface area contributed by atoms with E-state index in [0.717, 1.165) is 6.42 Å². The molecule has 1 fully saturated rings. The quantitative estimate of drug-likeness (QED) is 0.450. The first kappa shape index (κ1) is 17.8. The number of nitro groups is 1. The summed E-state index contributed by atoms with van der Waals surface area (Å²) in [5.41, 5.74) is 5.28. The Morgan fingerprint density at radius 3 is 2.39 bits per heavy atom. The fourth-order valence-electron chi connectivity index (χ4n) is 2.46. The summed E-state index contributed by atoms with van der Waals surface area (Å²) in [6, 6.07) is 4.96. The third-order valence-corrected chi connectivity index (χ3v) is 5.70. The zero-order chi connectivity index (χ0) is 16.9. The average Bonchev–Trinajstić information content (AvgIpc) is 2.55. The monoisotopic (exact) mass is 343 g/mol. The van der Waals surface area contributed by atoms with Crippen molar-refractivity contribution in [2.75, 3.05) is 26.2 Å². The Bertz CT molecular complexity index is 624. The van der Waals surface area contributed by atoms with Crippen LogP contribution in [0.4, 0.5) is 5.69 Å². The van der Waals surface area contributed by atoms with Gasteiger partial charge in [-0.15, -0.1) is 0 Å². The highest BCUT2D eigenvalue weighted by molar-refractivity contribution is 7.89. The molecule has 1 heterocycles. The lowest BCUT2D eigenvalue weighted by atomic mass is 10.1. The van der Waals surface area contributed by atoms with Gasteiger partial charge >= 0.3 is 0 Å². The minimum atomic E-state index is -3.62. The van der Waals surface area contributed by atoms with Crippen molar-refractivity contribution < 1.29 is 18.1 Å². The normalized spacial score (nSPS) is 17.3. The van der Waals surface area contributed by atoms with E-state index in [0.29, 0.717) is 39.1 Å². The zero-order valence-electron chi connectivity index (χ0n) is 12.8. The fraction of sp³-hybridized carbons (Fsp3) is 0.571. The Hall–Kier alpha value is -1.55. The first-order valence-electron chi connectivity index (χ1n) is 7.51. The van der Waals surface area contributed by atoms with Crippen molar-refractivity contribution in [1.29, 1.82) is 0 Å². The highest BCUT2D eigenvalue weighted by Crippen LogP contribution is 2.23. The molecule has 0 aliphatic carbocycles. The molecule has 0 radical (unpaired) electrons. The maximum absolute atomic E-state index is 12.5. The number of rotatable bonds is 7. The van der Waals surface area contributed by atoms with Crippen LogP contribution in [0.15, 0.2) is 29.2 Å². The summed E-state index contributed by atoms with van der Waals surface area (Å²) < 4.78 is 32.1. The summed E-state index contributed by atoms with van der Waals surface area (Å²) in [7, 11) is -3.62. The second-order valence-electron chi connectivity index (χ2n) is 5.37. The molecule has 8 nitrogen and oxygen atoms in total. The van der Waals surface area contributed by atoms with Gasteiger partial charge in [0.25, 0.3) is 5.69 Å². The summed E-state index contributed by atoms with van der Waals surface area (Å²) in [6.07, 6.45) is 2.12. The molecular formula is C14H21N3O5S. The number of benzene rings is 1. The first-order chi connectivity index (χ1) is 10.9. The van der Waals surface area contributed by atoms with Gasteiger partial charge in [0, 0.05) is 31.8 Å². The van der Waals surface area contributed by atoms with Crippen LogP contribution in [0.2, 0.25) is 0 Å². The van der Waals surface area contributed by atoms with Crippen molar-refractivity contribution in [3.8, 4) is 0 Å². The van der Waals surface area contributed by atoms with Crippen LogP contribution in [-0.2, 0) is 14.8 Å². The molecule has 2 rings (SSSR count). The van der Waals surface area contributed by atoms with Crippen LogP contribution >= 0.6 is 0 Å². The molecule has 23 heavy (non-hydrogen) atoms. The van der Waals surface area contributed by atoms with E-state index in [1.165, 1.54) is 28.6 Å². The summed E-state index contributed by atoms with van der Waals surface area (Å²) in [6.45, 7) is 1.93. The lowest BCUT2D eigenvalue weighted by Crippen LogP contribution is -2.40. The smallest absolute Gasteiger partial charge is 0.269 e. The molecule has 0 unspecified atom stereocenters. The van der Waals surface area contributed by atoms with Gasteiger partial charge in [-0.05, 0) is 37.9 Å². The van der Waals surface area contributed by atoms with E-state index in [1.54, 1.807) is 0 Å². The highest BCUT2D eigenvalue weighted by Gasteiger charge is 2.29. The minimum Gasteiger partial charge on any atom is -0.378 e. The predicted octanol–water partition coefficient (Wildman–Crippen LogP) is 1.11. The Kier molecular flexibility index (Phi) is 6.05. The van der Waals surface area contributed by atoms with Crippen LogP contribution < -0.4 is 5.73 Å². The minimum absolute atomic E-state index is 0.0601. The number of piperidine rings is 1. The van der Waals surface area contributed by atoms with Gasteiger partial charge in [0.15, 0.2) is 0 Å². The van der Waals surface area contributed by atoms with Gasteiger partial charge in [-0.2, -0.15) is 4.31 Å². The standard InChI is InChI=1S/C14H21N3O5S/c15-8-1-11-22-13-6-9-16(10-7-13)23(20,21)14-4-2-12(3-5-14)17(18)19/h2-5,13H,1,6-11,15H2. The summed E-state index contributed by atoms with van der Waals surface area (Å²) >= 11 is 0. The number of hydrogen-bond donors (Lipinski definition) is 1. The molecule has 128 valence electrons. The maximum Gasteiger partial charge on any atom is 0.269 e. The molecule has 1 aliphatic heterocycles. The van der Waals surface area contributed by atoms with Crippen LogP contribution in [-0.4, -0.2) is 50.0 Å². The highest BCUT2D eigenvalue weighted by atomic mass is 32.2. The van der Waals surface area contributed by atoms with Crippen molar-refractivity contribution in [1.82, 2.24) is 4.31 Å². The van der Waals surface area contributed by atoms with Gasteiger partial charge < -0.3 is 10.5 Å². The maximum atomic E-state index is 12.5. The molecule has 0 saturated carbocycles. The molecule has 0 aromatic heterocycles. The van der Waals surface area contributed by atoms with Crippen molar-refractivity contribution in [3.05, 3.63) is 34.4 Å². The molecule has 0 spiro atoms. The molecule has 2 N–H and O–H groups in total. The van der Waals surface area contributed by atoms with Gasteiger partial charge in [-0.25, -0.2) is 8.42 Å². The molecule has 1 aliphatic rings. The van der Waals surface area contributed by atoms with Crippen molar-refractivity contribution in [2.24, 2.45) is 5.73 Å². The SMILES string of the molecule is NCCCOC1CCN(S(=O)(=O)c2ccc([N+](=O)[O-])cc2)CC1. The van der Waals surface area contributed by atoms with E-state index < -0.39 is 14.9 Å². The number of ether oxygens (including phenoxy) is 1. The Morgan fingerprint density at radius 2 is 1.87 bits per heavy atom. The van der Waals surface area contributed by atoms with Gasteiger partial charge in [-0.3, -0.25) is 10.1 Å². The molecule has 1 aromatic carbocycles. The second kappa shape index (κ2) is 7.82. The predicted molar refractivity (Wildman–Crippen MR) is 84.5 cm³/mol. The Balaban J connectivity index is 1.97. The van der Waals surface area contributed by atoms with Crippen molar-refractivity contribution in [3.63, 3.8) is 0 Å². The van der Waals surface area contributed by atoms with E-state index in [1.807, 2.05) is 0 Å². The zero-order valence-corrected chi connectivity index (χ0v) is 13.6. The molecule has 0 bridgehead atoms. The van der Waals surface area contributed by atoms with E-state index in [-0.39, 0.29) is 16.7 Å². The van der Waals surface area contributed by atoms with Gasteiger partial charge in [0.1, 0.15) is 0 Å². The molecule has 0 atom stereocenters. The third-order valence-electron chi connectivity index (χ3n) is 3.79. The summed E-state index contributed by atoms with van der Waals surface area (Å²) in [4.78, 5) is 10.2. The fourth-order valence-corrected chi connectivity index (χ4v) is 3.93. The topological polar surface area (TPSA) is 116 Å². The van der Waals surface area contributed by atoms with E-state index >= 15 is 0 Å². The molecule has 9 heteroatoms. The van der Waals surface area contributed by atoms with Crippen molar-refractivity contribution in [2.45, 2.75) is 30.3 Å². The number of hydrogen-bond acceptors (Lipinski definition) is 6. The van der Waals surface area contributed by atoms with Crippen LogP contribution in [0.1, 0.15) is 19.3 Å². The molecule has 0 amide bonds. The summed E-state index contributed by atoms with van der Waals surface area (Å²) in [5.74, 6) is 0. The van der Waals surface area contributed by atoms with Crippen LogP contribution in [0.3, 0.4) is 0 Å². The number of non-ortho nitro benzene ring substituents is 1. The summed E-state index contributed by atoms with van der Waals surface area (Å²) in [5, 5.41) is 10.6. The van der Waals surface area contributed by atoms with Crippen LogP contribution in [0, 0.1) is 10.1 Å². The van der Waals surface area contributed by atoms with E-state index in [4.69, 9.17) is 10.5 Å². The number of nitrogens with zero attached hydrogens (tertiary/aromatic N) is 2. The van der Waals surface area contributed by atoms with Gasteiger partial charge in [0.05, 0.1) is 15.9 Å². The molecule has 1 saturated heterocycles. The molecule has 1 aromatic rings. The first-order valence-corrected chi connectivity index (χ1v) is 8.95. The van der Waals surface area contributed by atoms with Crippen LogP contribution in [0.5, 0.6) is 0 Å². The number of nitrogens with two attached hydrogens (primary N) is 1. The Morgan fingerprint density at radius 1 is 1.26 bits per heavy atom.